The van der Waals surface area contributed by atoms with Crippen LogP contribution in [0.2, 0.25) is 0 Å². The topological polar surface area (TPSA) is 57.3 Å². The average molecular weight is 468 g/mol. The van der Waals surface area contributed by atoms with Crippen molar-refractivity contribution >= 4 is 45.1 Å². The average Bonchev–Trinajstić information content (AvgIpc) is 2.65. The van der Waals surface area contributed by atoms with Gasteiger partial charge in [0.1, 0.15) is 0 Å². The van der Waals surface area contributed by atoms with E-state index in [0.29, 0.717) is 6.42 Å². The van der Waals surface area contributed by atoms with E-state index >= 15 is 0 Å². The van der Waals surface area contributed by atoms with Gasteiger partial charge >= 0.3 is 0 Å². The number of amides is 1. The van der Waals surface area contributed by atoms with Crippen molar-refractivity contribution in [1.29, 1.82) is 0 Å². The number of aromatic nitrogens is 1. The molecule has 2 rings (SSSR count). The molecule has 0 aliphatic heterocycles. The van der Waals surface area contributed by atoms with Crippen molar-refractivity contribution in [2.24, 2.45) is 0 Å². The summed E-state index contributed by atoms with van der Waals surface area (Å²) in [5.74, 6) is 0.152. The lowest BCUT2D eigenvalue weighted by Crippen LogP contribution is -2.31. The Morgan fingerprint density at radius 2 is 1.92 bits per heavy atom. The first-order chi connectivity index (χ1) is 12.6. The summed E-state index contributed by atoms with van der Waals surface area (Å²) in [5.41, 5.74) is 2.14. The second-order valence-corrected chi connectivity index (χ2v) is 7.53. The highest BCUT2D eigenvalue weighted by molar-refractivity contribution is 14.1. The summed E-state index contributed by atoms with van der Waals surface area (Å²) in [5, 5.41) is 7.66. The molecule has 0 atom stereocenters. The molecule has 0 aliphatic carbocycles. The molecule has 1 amide bonds. The van der Waals surface area contributed by atoms with E-state index in [-0.39, 0.29) is 5.91 Å². The molecule has 0 spiro atoms. The first kappa shape index (κ1) is 20.9. The monoisotopic (exact) mass is 468 g/mol. The summed E-state index contributed by atoms with van der Waals surface area (Å²) in [6, 6.07) is 8.32. The molecule has 1 aromatic heterocycles. The summed E-state index contributed by atoms with van der Waals surface area (Å²) in [6.07, 6.45) is 4.42. The van der Waals surface area contributed by atoms with Crippen molar-refractivity contribution in [3.63, 3.8) is 0 Å². The minimum atomic E-state index is 0.152. The number of pyridine rings is 1. The van der Waals surface area contributed by atoms with Crippen molar-refractivity contribution in [2.75, 3.05) is 38.0 Å². The lowest BCUT2D eigenvalue weighted by atomic mass is 10.2. The molecule has 0 aliphatic rings. The molecule has 0 saturated carbocycles. The molecular weight excluding hydrogens is 439 g/mol. The molecule has 0 fully saturated rings. The summed E-state index contributed by atoms with van der Waals surface area (Å²) in [6.45, 7) is 8.72. The quantitative estimate of drug-likeness (QED) is 0.388. The summed E-state index contributed by atoms with van der Waals surface area (Å²) in [7, 11) is 0. The van der Waals surface area contributed by atoms with Gasteiger partial charge in [-0.15, -0.1) is 0 Å². The van der Waals surface area contributed by atoms with Crippen LogP contribution >= 0.6 is 22.6 Å². The maximum absolute atomic E-state index is 11.8. The number of nitrogens with one attached hydrogen (secondary N) is 2. The molecule has 0 bridgehead atoms. The highest BCUT2D eigenvalue weighted by Crippen LogP contribution is 2.23. The van der Waals surface area contributed by atoms with Crippen LogP contribution in [0.3, 0.4) is 0 Å². The number of benzene rings is 1. The third kappa shape index (κ3) is 6.72. The van der Waals surface area contributed by atoms with Crippen LogP contribution in [0.15, 0.2) is 30.5 Å². The SMILES string of the molecule is CCN(CC)CCC(=O)NCCCCNc1ccnc2cc(I)ccc12. The zero-order chi connectivity index (χ0) is 18.8. The first-order valence-corrected chi connectivity index (χ1v) is 10.5. The Labute approximate surface area is 170 Å². The summed E-state index contributed by atoms with van der Waals surface area (Å²) < 4.78 is 1.19. The maximum atomic E-state index is 11.8. The van der Waals surface area contributed by atoms with E-state index in [9.17, 15) is 4.79 Å². The van der Waals surface area contributed by atoms with E-state index in [4.69, 9.17) is 0 Å². The van der Waals surface area contributed by atoms with Crippen LogP contribution in [0.25, 0.3) is 10.9 Å². The first-order valence-electron chi connectivity index (χ1n) is 9.41. The van der Waals surface area contributed by atoms with Gasteiger partial charge in [0.15, 0.2) is 0 Å². The van der Waals surface area contributed by atoms with Gasteiger partial charge in [-0.1, -0.05) is 13.8 Å². The molecule has 0 radical (unpaired) electrons. The minimum Gasteiger partial charge on any atom is -0.384 e. The molecule has 6 heteroatoms. The largest absolute Gasteiger partial charge is 0.384 e. The van der Waals surface area contributed by atoms with Crippen molar-refractivity contribution in [2.45, 2.75) is 33.1 Å². The van der Waals surface area contributed by atoms with Gasteiger partial charge in [-0.25, -0.2) is 0 Å². The third-order valence-corrected chi connectivity index (χ3v) is 5.17. The zero-order valence-electron chi connectivity index (χ0n) is 15.7. The predicted molar refractivity (Wildman–Crippen MR) is 118 cm³/mol. The van der Waals surface area contributed by atoms with Crippen LogP contribution in [0, 0.1) is 3.57 Å². The van der Waals surface area contributed by atoms with Crippen molar-refractivity contribution in [3.8, 4) is 0 Å². The van der Waals surface area contributed by atoms with E-state index in [2.05, 4.69) is 75.2 Å². The number of carbonyl (C=O) groups is 1. The van der Waals surface area contributed by atoms with E-state index in [1.807, 2.05) is 12.3 Å². The molecule has 142 valence electrons. The molecule has 1 aromatic carbocycles. The molecule has 0 saturated heterocycles. The van der Waals surface area contributed by atoms with Gasteiger partial charge in [-0.2, -0.15) is 0 Å². The summed E-state index contributed by atoms with van der Waals surface area (Å²) >= 11 is 2.30. The van der Waals surface area contributed by atoms with Crippen LogP contribution in [-0.4, -0.2) is 48.5 Å². The van der Waals surface area contributed by atoms with Crippen LogP contribution in [0.1, 0.15) is 33.1 Å². The Morgan fingerprint density at radius 1 is 1.15 bits per heavy atom. The highest BCUT2D eigenvalue weighted by Gasteiger charge is 2.05. The standard InChI is InChI=1S/C20H29IN4O/c1-3-25(4-2)14-10-20(26)24-12-6-5-11-22-18-9-13-23-19-15-16(21)7-8-17(18)19/h7-9,13,15H,3-6,10-12,14H2,1-2H3,(H,22,23)(H,24,26). The smallest absolute Gasteiger partial charge is 0.221 e. The Bertz CT molecular complexity index is 703. The Hall–Kier alpha value is -1.41. The second-order valence-electron chi connectivity index (χ2n) is 6.28. The number of unbranched alkanes of at least 4 members (excludes halogenated alkanes) is 1. The van der Waals surface area contributed by atoms with Crippen LogP contribution in [-0.2, 0) is 4.79 Å². The molecular formula is C20H29IN4O. The predicted octanol–water partition coefficient (Wildman–Crippen LogP) is 3.88. The second kappa shape index (κ2) is 11.3. The van der Waals surface area contributed by atoms with Crippen molar-refractivity contribution < 1.29 is 4.79 Å². The summed E-state index contributed by atoms with van der Waals surface area (Å²) in [4.78, 5) is 18.5. The van der Waals surface area contributed by atoms with Crippen molar-refractivity contribution in [1.82, 2.24) is 15.2 Å². The molecule has 2 aromatic rings. The van der Waals surface area contributed by atoms with Gasteiger partial charge in [0, 0.05) is 46.9 Å². The number of anilines is 1. The van der Waals surface area contributed by atoms with Crippen molar-refractivity contribution in [3.05, 3.63) is 34.0 Å². The minimum absolute atomic E-state index is 0.152. The van der Waals surface area contributed by atoms with Crippen LogP contribution in [0.4, 0.5) is 5.69 Å². The number of carbonyl (C=O) groups excluding carboxylic acids is 1. The van der Waals surface area contributed by atoms with Crippen LogP contribution < -0.4 is 10.6 Å². The van der Waals surface area contributed by atoms with E-state index in [1.54, 1.807) is 0 Å². The molecule has 26 heavy (non-hydrogen) atoms. The molecule has 2 N–H and O–H groups in total. The van der Waals surface area contributed by atoms with Gasteiger partial charge in [-0.3, -0.25) is 9.78 Å². The van der Waals surface area contributed by atoms with Gasteiger partial charge < -0.3 is 15.5 Å². The zero-order valence-corrected chi connectivity index (χ0v) is 17.9. The number of hydrogen-bond acceptors (Lipinski definition) is 4. The fourth-order valence-electron chi connectivity index (χ4n) is 2.86. The van der Waals surface area contributed by atoms with Gasteiger partial charge in [0.25, 0.3) is 0 Å². The lowest BCUT2D eigenvalue weighted by molar-refractivity contribution is -0.121. The lowest BCUT2D eigenvalue weighted by Gasteiger charge is -2.17. The van der Waals surface area contributed by atoms with Gasteiger partial charge in [0.2, 0.25) is 5.91 Å². The Kier molecular flexibility index (Phi) is 9.11. The van der Waals surface area contributed by atoms with Crippen LogP contribution in [0.5, 0.6) is 0 Å². The molecule has 1 heterocycles. The van der Waals surface area contributed by atoms with E-state index < -0.39 is 0 Å². The van der Waals surface area contributed by atoms with E-state index in [0.717, 1.165) is 62.2 Å². The van der Waals surface area contributed by atoms with E-state index in [1.165, 1.54) is 3.57 Å². The normalized spacial score (nSPS) is 11.1. The maximum Gasteiger partial charge on any atom is 0.221 e. The molecule has 0 unspecified atom stereocenters. The number of fused-ring (bicyclic) bond motifs is 1. The Balaban J connectivity index is 1.65. The Morgan fingerprint density at radius 3 is 2.69 bits per heavy atom. The number of halogens is 1. The van der Waals surface area contributed by atoms with Gasteiger partial charge in [0.05, 0.1) is 5.52 Å². The number of rotatable bonds is 11. The number of hydrogen-bond donors (Lipinski definition) is 2. The number of nitrogens with zero attached hydrogens (tertiary/aromatic N) is 2. The molecule has 5 nitrogen and oxygen atoms in total. The fourth-order valence-corrected chi connectivity index (χ4v) is 3.34. The van der Waals surface area contributed by atoms with Gasteiger partial charge in [-0.05, 0) is 72.8 Å². The highest BCUT2D eigenvalue weighted by atomic mass is 127. The third-order valence-electron chi connectivity index (χ3n) is 4.50. The fraction of sp³-hybridized carbons (Fsp3) is 0.500.